The van der Waals surface area contributed by atoms with Gasteiger partial charge in [-0.15, -0.1) is 0 Å². The molecule has 3 aromatic rings. The normalized spacial score (nSPS) is 17.5. The summed E-state index contributed by atoms with van der Waals surface area (Å²) in [6.45, 7) is 15.6. The quantitative estimate of drug-likeness (QED) is 0.284. The van der Waals surface area contributed by atoms with Gasteiger partial charge in [0.2, 0.25) is 0 Å². The molecule has 3 N–H and O–H groups in total. The number of carbonyl (C=O) groups is 1. The second-order valence-electron chi connectivity index (χ2n) is 12.8. The number of H-pyrrole nitrogens is 2. The van der Waals surface area contributed by atoms with Crippen LogP contribution in [-0.2, 0) is 19.4 Å². The zero-order valence-corrected chi connectivity index (χ0v) is 25.3. The Morgan fingerprint density at radius 2 is 1.60 bits per heavy atom. The van der Waals surface area contributed by atoms with Crippen LogP contribution in [0.15, 0.2) is 61.3 Å². The van der Waals surface area contributed by atoms with E-state index in [1.165, 1.54) is 51.0 Å². The van der Waals surface area contributed by atoms with Crippen LogP contribution in [0.4, 0.5) is 0 Å². The second kappa shape index (κ2) is 13.8. The Hall–Kier alpha value is -3.27. The summed E-state index contributed by atoms with van der Waals surface area (Å²) < 4.78 is 0. The number of aromatic amines is 2. The van der Waals surface area contributed by atoms with Crippen molar-refractivity contribution in [3.63, 3.8) is 0 Å². The fourth-order valence-corrected chi connectivity index (χ4v) is 6.73. The smallest absolute Gasteiger partial charge is 0.258 e. The number of imidazole rings is 2. The van der Waals surface area contributed by atoms with Gasteiger partial charge in [0.05, 0.1) is 6.61 Å². The highest BCUT2D eigenvalue weighted by molar-refractivity contribution is 5.95. The topological polar surface area (TPSA) is 104 Å². The number of aromatic nitrogens is 4. The Bertz CT molecular complexity index is 1230. The molecule has 1 aromatic carbocycles. The van der Waals surface area contributed by atoms with Gasteiger partial charge in [0, 0.05) is 75.1 Å². The number of aliphatic hydroxyl groups is 1. The Kier molecular flexibility index (Phi) is 9.92. The van der Waals surface area contributed by atoms with Crippen molar-refractivity contribution in [2.24, 2.45) is 17.3 Å². The first kappa shape index (κ1) is 30.2. The number of benzene rings is 1. The number of nitrogens with one attached hydrogen (secondary N) is 2. The number of nitrogens with zero attached hydrogens (tertiary/aromatic N) is 5. The molecule has 9 nitrogen and oxygen atoms in total. The highest BCUT2D eigenvalue weighted by Gasteiger charge is 2.40. The number of hydrogen-bond acceptors (Lipinski definition) is 6. The molecule has 4 heterocycles. The number of piperidine rings is 1. The highest BCUT2D eigenvalue weighted by atomic mass is 16.3. The van der Waals surface area contributed by atoms with Gasteiger partial charge in [-0.2, -0.15) is 0 Å². The molecule has 2 saturated heterocycles. The maximum atomic E-state index is 13.7. The van der Waals surface area contributed by atoms with E-state index in [1.807, 2.05) is 12.1 Å². The molecule has 1 amide bonds. The molecule has 0 aliphatic carbocycles. The summed E-state index contributed by atoms with van der Waals surface area (Å²) in [4.78, 5) is 35.7. The van der Waals surface area contributed by atoms with E-state index in [-0.39, 0.29) is 18.4 Å². The van der Waals surface area contributed by atoms with Crippen LogP contribution in [0.1, 0.15) is 60.7 Å². The van der Waals surface area contributed by atoms with Crippen LogP contribution in [-0.4, -0.2) is 91.5 Å². The first-order valence-corrected chi connectivity index (χ1v) is 15.4. The third-order valence-electron chi connectivity index (χ3n) is 8.99. The zero-order valence-electron chi connectivity index (χ0n) is 25.3. The lowest BCUT2D eigenvalue weighted by Crippen LogP contribution is -2.42. The lowest BCUT2D eigenvalue weighted by Gasteiger charge is -2.40. The molecule has 0 atom stereocenters. The van der Waals surface area contributed by atoms with Crippen molar-refractivity contribution in [2.75, 3.05) is 45.9 Å². The van der Waals surface area contributed by atoms with Crippen LogP contribution in [0.3, 0.4) is 0 Å². The van der Waals surface area contributed by atoms with Gasteiger partial charge in [0.1, 0.15) is 11.6 Å². The number of hydrogen-bond donors (Lipinski definition) is 3. The van der Waals surface area contributed by atoms with Gasteiger partial charge in [0.15, 0.2) is 0 Å². The van der Waals surface area contributed by atoms with Gasteiger partial charge >= 0.3 is 0 Å². The zero-order chi connectivity index (χ0) is 29.5. The van der Waals surface area contributed by atoms with Gasteiger partial charge in [-0.3, -0.25) is 9.69 Å². The average molecular weight is 574 g/mol. The van der Waals surface area contributed by atoms with E-state index < -0.39 is 0 Å². The fourth-order valence-electron chi connectivity index (χ4n) is 6.73. The maximum Gasteiger partial charge on any atom is 0.258 e. The summed E-state index contributed by atoms with van der Waals surface area (Å²) in [6.07, 6.45) is 12.2. The molecule has 2 aliphatic heterocycles. The molecule has 0 unspecified atom stereocenters. The summed E-state index contributed by atoms with van der Waals surface area (Å²) >= 11 is 0. The third kappa shape index (κ3) is 7.76. The summed E-state index contributed by atoms with van der Waals surface area (Å²) in [6, 6.07) is 7.98. The van der Waals surface area contributed by atoms with E-state index in [2.05, 4.69) is 62.3 Å². The van der Waals surface area contributed by atoms with Gasteiger partial charge in [-0.1, -0.05) is 32.6 Å². The van der Waals surface area contributed by atoms with Gasteiger partial charge in [-0.05, 0) is 73.8 Å². The number of amides is 1. The second-order valence-corrected chi connectivity index (χ2v) is 12.8. The Labute approximate surface area is 250 Å². The summed E-state index contributed by atoms with van der Waals surface area (Å²) in [7, 11) is 0. The first-order chi connectivity index (χ1) is 20.3. The van der Waals surface area contributed by atoms with Crippen molar-refractivity contribution in [1.29, 1.82) is 0 Å². The predicted molar refractivity (Wildman–Crippen MR) is 165 cm³/mol. The SMILES string of the molecule is C=C(CO)N(CC(Cc1ncc[nH]1)Cc1ncc[nH]1)C(=O)c1ccc(CN2CCC3(CCN(CC(C)C)CC3)C2)cc1. The van der Waals surface area contributed by atoms with E-state index in [9.17, 15) is 9.90 Å². The molecule has 2 aromatic heterocycles. The van der Waals surface area contributed by atoms with Crippen LogP contribution in [0.5, 0.6) is 0 Å². The number of carbonyl (C=O) groups excluding carboxylic acids is 1. The minimum Gasteiger partial charge on any atom is -0.390 e. The third-order valence-corrected chi connectivity index (χ3v) is 8.99. The minimum atomic E-state index is -0.288. The first-order valence-electron chi connectivity index (χ1n) is 15.4. The Morgan fingerprint density at radius 3 is 2.12 bits per heavy atom. The number of aliphatic hydroxyl groups excluding tert-OH is 1. The van der Waals surface area contributed by atoms with Crippen molar-refractivity contribution in [2.45, 2.75) is 52.5 Å². The van der Waals surface area contributed by atoms with E-state index in [1.54, 1.807) is 29.7 Å². The van der Waals surface area contributed by atoms with E-state index in [4.69, 9.17) is 0 Å². The van der Waals surface area contributed by atoms with Crippen molar-refractivity contribution in [3.05, 3.63) is 84.1 Å². The monoisotopic (exact) mass is 573 g/mol. The van der Waals surface area contributed by atoms with Gasteiger partial charge in [0.25, 0.3) is 5.91 Å². The largest absolute Gasteiger partial charge is 0.390 e. The molecule has 0 bridgehead atoms. The van der Waals surface area contributed by atoms with E-state index >= 15 is 0 Å². The number of rotatable bonds is 13. The maximum absolute atomic E-state index is 13.7. The molecular formula is C33H47N7O2. The van der Waals surface area contributed by atoms with Gasteiger partial charge < -0.3 is 24.9 Å². The van der Waals surface area contributed by atoms with E-state index in [0.717, 1.165) is 30.7 Å². The molecule has 2 aliphatic rings. The molecule has 0 saturated carbocycles. The molecule has 42 heavy (non-hydrogen) atoms. The molecule has 2 fully saturated rings. The van der Waals surface area contributed by atoms with Crippen LogP contribution < -0.4 is 0 Å². The lowest BCUT2D eigenvalue weighted by atomic mass is 9.77. The van der Waals surface area contributed by atoms with Crippen LogP contribution in [0.25, 0.3) is 0 Å². The van der Waals surface area contributed by atoms with Crippen molar-refractivity contribution < 1.29 is 9.90 Å². The lowest BCUT2D eigenvalue weighted by molar-refractivity contribution is 0.0761. The van der Waals surface area contributed by atoms with Crippen molar-refractivity contribution in [3.8, 4) is 0 Å². The van der Waals surface area contributed by atoms with Crippen LogP contribution in [0.2, 0.25) is 0 Å². The molecule has 0 radical (unpaired) electrons. The van der Waals surface area contributed by atoms with Crippen molar-refractivity contribution in [1.82, 2.24) is 34.6 Å². The highest BCUT2D eigenvalue weighted by Crippen LogP contribution is 2.41. The minimum absolute atomic E-state index is 0.0218. The molecule has 5 rings (SSSR count). The summed E-state index contributed by atoms with van der Waals surface area (Å²) in [5.41, 5.74) is 2.67. The van der Waals surface area contributed by atoms with Crippen LogP contribution >= 0.6 is 0 Å². The van der Waals surface area contributed by atoms with Gasteiger partial charge in [-0.25, -0.2) is 9.97 Å². The molecule has 9 heteroatoms. The average Bonchev–Trinajstić information content (AvgIpc) is 3.77. The van der Waals surface area contributed by atoms with Crippen LogP contribution in [0, 0.1) is 17.3 Å². The summed E-state index contributed by atoms with van der Waals surface area (Å²) in [5.74, 6) is 2.30. The number of likely N-dealkylation sites (tertiary alicyclic amines) is 2. The van der Waals surface area contributed by atoms with E-state index in [0.29, 0.717) is 36.1 Å². The predicted octanol–water partition coefficient (Wildman–Crippen LogP) is 4.13. The molecular weight excluding hydrogens is 526 g/mol. The fraction of sp³-hybridized carbons (Fsp3) is 0.545. The molecule has 226 valence electrons. The molecule has 1 spiro atoms. The summed E-state index contributed by atoms with van der Waals surface area (Å²) in [5, 5.41) is 9.95. The van der Waals surface area contributed by atoms with Crippen molar-refractivity contribution >= 4 is 5.91 Å². The standard InChI is InChI=1S/C33H47N7O2/c1-25(2)20-38-15-8-33(9-16-38)10-17-39(24-33)21-27-4-6-29(7-5-27)32(42)40(26(3)23-41)22-28(18-30-34-11-12-35-30)19-31-36-13-14-37-31/h4-7,11-14,25,28,41H,3,8-10,15-24H2,1-2H3,(H,34,35)(H,36,37). The Balaban J connectivity index is 1.20. The Morgan fingerprint density at radius 1 is 1.00 bits per heavy atom.